The molecule has 1 aromatic rings. The SMILES string of the molecule is C=CCNc1ccncc1N.CC. The molecular weight excluding hydrogens is 162 g/mol. The standard InChI is InChI=1S/C8H11N3.C2H6/c1-2-4-11-8-3-5-10-6-7(8)9;1-2/h2-3,5-6H,1,4,9H2,(H,10,11);1-2H3. The molecule has 0 aliphatic carbocycles. The molecule has 3 heteroatoms. The highest BCUT2D eigenvalue weighted by molar-refractivity contribution is 5.64. The normalized spacial score (nSPS) is 8.15. The Morgan fingerprint density at radius 2 is 2.31 bits per heavy atom. The lowest BCUT2D eigenvalue weighted by Crippen LogP contribution is -2.01. The Morgan fingerprint density at radius 1 is 1.62 bits per heavy atom. The minimum Gasteiger partial charge on any atom is -0.396 e. The Morgan fingerprint density at radius 3 is 2.85 bits per heavy atom. The monoisotopic (exact) mass is 179 g/mol. The number of nitrogens with zero attached hydrogens (tertiary/aromatic N) is 1. The van der Waals surface area contributed by atoms with Gasteiger partial charge in [0.25, 0.3) is 0 Å². The summed E-state index contributed by atoms with van der Waals surface area (Å²) in [7, 11) is 0. The lowest BCUT2D eigenvalue weighted by Gasteiger charge is -2.04. The van der Waals surface area contributed by atoms with Gasteiger partial charge in [-0.2, -0.15) is 0 Å². The summed E-state index contributed by atoms with van der Waals surface area (Å²) in [5, 5.41) is 3.08. The molecule has 0 bridgehead atoms. The molecule has 1 heterocycles. The van der Waals surface area contributed by atoms with Crippen molar-refractivity contribution < 1.29 is 0 Å². The lowest BCUT2D eigenvalue weighted by molar-refractivity contribution is 1.29. The zero-order valence-electron chi connectivity index (χ0n) is 8.25. The predicted molar refractivity (Wildman–Crippen MR) is 58.7 cm³/mol. The highest BCUT2D eigenvalue weighted by Crippen LogP contribution is 2.14. The van der Waals surface area contributed by atoms with Gasteiger partial charge in [-0.1, -0.05) is 19.9 Å². The van der Waals surface area contributed by atoms with Crippen LogP contribution in [-0.4, -0.2) is 11.5 Å². The van der Waals surface area contributed by atoms with E-state index in [1.807, 2.05) is 19.9 Å². The molecule has 1 aromatic heterocycles. The van der Waals surface area contributed by atoms with Crippen molar-refractivity contribution in [2.45, 2.75) is 13.8 Å². The minimum absolute atomic E-state index is 0.661. The van der Waals surface area contributed by atoms with Gasteiger partial charge in [-0.15, -0.1) is 6.58 Å². The number of anilines is 2. The summed E-state index contributed by atoms with van der Waals surface area (Å²) in [4.78, 5) is 3.86. The summed E-state index contributed by atoms with van der Waals surface area (Å²) >= 11 is 0. The van der Waals surface area contributed by atoms with E-state index < -0.39 is 0 Å². The van der Waals surface area contributed by atoms with Crippen LogP contribution in [0.3, 0.4) is 0 Å². The molecule has 1 rings (SSSR count). The first-order valence-corrected chi connectivity index (χ1v) is 4.39. The van der Waals surface area contributed by atoms with E-state index in [4.69, 9.17) is 5.73 Å². The molecule has 0 aromatic carbocycles. The second kappa shape index (κ2) is 7.16. The Bertz CT molecular complexity index is 246. The first kappa shape index (κ1) is 11.5. The number of aromatic nitrogens is 1. The molecule has 0 unspecified atom stereocenters. The third-order valence-corrected chi connectivity index (χ3v) is 1.29. The van der Waals surface area contributed by atoms with Crippen molar-refractivity contribution in [1.82, 2.24) is 4.98 Å². The first-order valence-electron chi connectivity index (χ1n) is 4.39. The molecule has 0 fully saturated rings. The van der Waals surface area contributed by atoms with Crippen molar-refractivity contribution >= 4 is 11.4 Å². The topological polar surface area (TPSA) is 50.9 Å². The van der Waals surface area contributed by atoms with Crippen molar-refractivity contribution in [3.8, 4) is 0 Å². The van der Waals surface area contributed by atoms with E-state index in [1.54, 1.807) is 18.5 Å². The summed E-state index contributed by atoms with van der Waals surface area (Å²) in [5.74, 6) is 0. The molecule has 0 atom stereocenters. The van der Waals surface area contributed by atoms with Crippen LogP contribution in [0.1, 0.15) is 13.8 Å². The highest BCUT2D eigenvalue weighted by atomic mass is 14.9. The van der Waals surface area contributed by atoms with Crippen molar-refractivity contribution in [3.05, 3.63) is 31.1 Å². The van der Waals surface area contributed by atoms with Crippen molar-refractivity contribution in [1.29, 1.82) is 0 Å². The molecule has 0 saturated carbocycles. The van der Waals surface area contributed by atoms with E-state index >= 15 is 0 Å². The fourth-order valence-electron chi connectivity index (χ4n) is 0.750. The van der Waals surface area contributed by atoms with Gasteiger partial charge in [0.1, 0.15) is 0 Å². The predicted octanol–water partition coefficient (Wildman–Crippen LogP) is 2.29. The van der Waals surface area contributed by atoms with Crippen LogP contribution in [0.5, 0.6) is 0 Å². The van der Waals surface area contributed by atoms with E-state index in [0.717, 1.165) is 5.69 Å². The second-order valence-electron chi connectivity index (χ2n) is 2.13. The minimum atomic E-state index is 0.661. The fourth-order valence-corrected chi connectivity index (χ4v) is 0.750. The lowest BCUT2D eigenvalue weighted by atomic mass is 10.3. The Balaban J connectivity index is 0.000000671. The zero-order valence-corrected chi connectivity index (χ0v) is 8.25. The molecule has 0 aliphatic heterocycles. The molecule has 0 spiro atoms. The number of nitrogens with one attached hydrogen (secondary N) is 1. The maximum absolute atomic E-state index is 5.60. The van der Waals surface area contributed by atoms with Gasteiger partial charge in [0.15, 0.2) is 0 Å². The zero-order chi connectivity index (χ0) is 10.1. The van der Waals surface area contributed by atoms with Crippen LogP contribution in [-0.2, 0) is 0 Å². The summed E-state index contributed by atoms with van der Waals surface area (Å²) in [6.45, 7) is 8.30. The van der Waals surface area contributed by atoms with E-state index in [0.29, 0.717) is 12.2 Å². The number of hydrogen-bond acceptors (Lipinski definition) is 3. The second-order valence-corrected chi connectivity index (χ2v) is 2.13. The quantitative estimate of drug-likeness (QED) is 0.700. The maximum Gasteiger partial charge on any atom is 0.0736 e. The van der Waals surface area contributed by atoms with Gasteiger partial charge in [0, 0.05) is 12.7 Å². The highest BCUT2D eigenvalue weighted by Gasteiger charge is 1.93. The van der Waals surface area contributed by atoms with Crippen LogP contribution < -0.4 is 11.1 Å². The van der Waals surface area contributed by atoms with Crippen LogP contribution in [0, 0.1) is 0 Å². The molecule has 0 aliphatic rings. The Kier molecular flexibility index (Phi) is 6.32. The summed E-state index contributed by atoms with van der Waals surface area (Å²) < 4.78 is 0. The number of nitrogen functional groups attached to an aromatic ring is 1. The summed E-state index contributed by atoms with van der Waals surface area (Å²) in [6.07, 6.45) is 5.09. The largest absolute Gasteiger partial charge is 0.396 e. The fraction of sp³-hybridized carbons (Fsp3) is 0.300. The number of hydrogen-bond donors (Lipinski definition) is 2. The van der Waals surface area contributed by atoms with Crippen LogP contribution in [0.2, 0.25) is 0 Å². The van der Waals surface area contributed by atoms with Crippen LogP contribution in [0.4, 0.5) is 11.4 Å². The third-order valence-electron chi connectivity index (χ3n) is 1.29. The van der Waals surface area contributed by atoms with Crippen molar-refractivity contribution in [3.63, 3.8) is 0 Å². The van der Waals surface area contributed by atoms with Crippen LogP contribution in [0.15, 0.2) is 31.1 Å². The maximum atomic E-state index is 5.60. The molecule has 3 N–H and O–H groups in total. The summed E-state index contributed by atoms with van der Waals surface area (Å²) in [6, 6.07) is 1.83. The van der Waals surface area contributed by atoms with Gasteiger partial charge in [0.05, 0.1) is 17.6 Å². The van der Waals surface area contributed by atoms with Gasteiger partial charge in [-0.3, -0.25) is 4.98 Å². The van der Waals surface area contributed by atoms with Gasteiger partial charge < -0.3 is 11.1 Å². The Labute approximate surface area is 79.7 Å². The number of pyridine rings is 1. The van der Waals surface area contributed by atoms with Gasteiger partial charge in [-0.05, 0) is 6.07 Å². The van der Waals surface area contributed by atoms with E-state index in [9.17, 15) is 0 Å². The first-order chi connectivity index (χ1) is 6.34. The average molecular weight is 179 g/mol. The third kappa shape index (κ3) is 4.15. The van der Waals surface area contributed by atoms with Crippen LogP contribution >= 0.6 is 0 Å². The molecular formula is C10H17N3. The molecule has 3 nitrogen and oxygen atoms in total. The Hall–Kier alpha value is -1.51. The molecule has 0 amide bonds. The van der Waals surface area contributed by atoms with Gasteiger partial charge >= 0.3 is 0 Å². The van der Waals surface area contributed by atoms with Gasteiger partial charge in [0.2, 0.25) is 0 Å². The molecule has 0 radical (unpaired) electrons. The van der Waals surface area contributed by atoms with Crippen molar-refractivity contribution in [2.75, 3.05) is 17.6 Å². The number of nitrogens with two attached hydrogens (primary N) is 1. The smallest absolute Gasteiger partial charge is 0.0736 e. The molecule has 13 heavy (non-hydrogen) atoms. The van der Waals surface area contributed by atoms with E-state index in [-0.39, 0.29) is 0 Å². The molecule has 72 valence electrons. The summed E-state index contributed by atoms with van der Waals surface area (Å²) in [5.41, 5.74) is 7.17. The van der Waals surface area contributed by atoms with Gasteiger partial charge in [-0.25, -0.2) is 0 Å². The van der Waals surface area contributed by atoms with E-state index in [2.05, 4.69) is 16.9 Å². The van der Waals surface area contributed by atoms with Crippen LogP contribution in [0.25, 0.3) is 0 Å². The average Bonchev–Trinajstić information content (AvgIpc) is 2.20. The van der Waals surface area contributed by atoms with Crippen molar-refractivity contribution in [2.24, 2.45) is 0 Å². The number of rotatable bonds is 3. The molecule has 0 saturated heterocycles. The van der Waals surface area contributed by atoms with E-state index in [1.165, 1.54) is 0 Å².